The predicted octanol–water partition coefficient (Wildman–Crippen LogP) is 2.60. The van der Waals surface area contributed by atoms with E-state index in [1.165, 1.54) is 41.3 Å². The molecule has 1 aromatic carbocycles. The molecule has 136 valence electrons. The average molecular weight is 403 g/mol. The van der Waals surface area contributed by atoms with Gasteiger partial charge in [0.2, 0.25) is 15.9 Å². The Kier molecular flexibility index (Phi) is 7.42. The first-order valence-corrected chi connectivity index (χ1v) is 11.3. The van der Waals surface area contributed by atoms with Crippen molar-refractivity contribution in [2.24, 2.45) is 0 Å². The van der Waals surface area contributed by atoms with Gasteiger partial charge in [0, 0.05) is 6.54 Å². The minimum Gasteiger partial charge on any atom is -0.351 e. The predicted molar refractivity (Wildman–Crippen MR) is 99.7 cm³/mol. The standard InChI is InChI=1S/C16H19FN2O3S3/c1-23-8-7-14(16(20)18-10-12-6-9-24-11-12)19-25(21,22)15-5-3-2-4-13(15)17/h2-6,9,11,14,19H,7-8,10H2,1H3,(H,18,20). The highest BCUT2D eigenvalue weighted by Gasteiger charge is 2.27. The molecule has 0 spiro atoms. The Morgan fingerprint density at radius 3 is 2.72 bits per heavy atom. The summed E-state index contributed by atoms with van der Waals surface area (Å²) in [6.07, 6.45) is 2.18. The summed E-state index contributed by atoms with van der Waals surface area (Å²) in [6.45, 7) is 0.319. The van der Waals surface area contributed by atoms with E-state index in [2.05, 4.69) is 10.0 Å². The van der Waals surface area contributed by atoms with E-state index in [-0.39, 0.29) is 0 Å². The van der Waals surface area contributed by atoms with Crippen molar-refractivity contribution in [2.45, 2.75) is 23.9 Å². The van der Waals surface area contributed by atoms with Crippen LogP contribution in [0.2, 0.25) is 0 Å². The number of rotatable bonds is 9. The molecule has 1 heterocycles. The maximum atomic E-state index is 13.8. The highest BCUT2D eigenvalue weighted by Crippen LogP contribution is 2.15. The highest BCUT2D eigenvalue weighted by molar-refractivity contribution is 7.98. The molecule has 1 aromatic heterocycles. The van der Waals surface area contributed by atoms with Gasteiger partial charge in [0.15, 0.2) is 0 Å². The van der Waals surface area contributed by atoms with Gasteiger partial charge in [0.25, 0.3) is 0 Å². The van der Waals surface area contributed by atoms with Gasteiger partial charge in [0.1, 0.15) is 16.8 Å². The van der Waals surface area contributed by atoms with Crippen molar-refractivity contribution < 1.29 is 17.6 Å². The molecule has 0 aliphatic carbocycles. The van der Waals surface area contributed by atoms with Gasteiger partial charge in [-0.3, -0.25) is 4.79 Å². The van der Waals surface area contributed by atoms with E-state index in [0.29, 0.717) is 18.7 Å². The highest BCUT2D eigenvalue weighted by atomic mass is 32.2. The van der Waals surface area contributed by atoms with Gasteiger partial charge in [0.05, 0.1) is 0 Å². The number of sulfonamides is 1. The fraction of sp³-hybridized carbons (Fsp3) is 0.312. The Morgan fingerprint density at radius 2 is 2.08 bits per heavy atom. The number of hydrogen-bond acceptors (Lipinski definition) is 5. The van der Waals surface area contributed by atoms with E-state index >= 15 is 0 Å². The summed E-state index contributed by atoms with van der Waals surface area (Å²) in [4.78, 5) is 11.9. The van der Waals surface area contributed by atoms with Crippen LogP contribution in [0.15, 0.2) is 46.0 Å². The molecule has 5 nitrogen and oxygen atoms in total. The van der Waals surface area contributed by atoms with Crippen LogP contribution in [0.3, 0.4) is 0 Å². The lowest BCUT2D eigenvalue weighted by Gasteiger charge is -2.18. The number of amides is 1. The van der Waals surface area contributed by atoms with Crippen LogP contribution in [0.4, 0.5) is 4.39 Å². The molecule has 1 amide bonds. The minimum atomic E-state index is -4.13. The van der Waals surface area contributed by atoms with E-state index in [9.17, 15) is 17.6 Å². The number of thiophene rings is 1. The molecule has 0 radical (unpaired) electrons. The summed E-state index contributed by atoms with van der Waals surface area (Å²) >= 11 is 3.02. The molecule has 0 saturated heterocycles. The number of nitrogens with one attached hydrogen (secondary N) is 2. The maximum Gasteiger partial charge on any atom is 0.244 e. The van der Waals surface area contributed by atoms with Gasteiger partial charge in [-0.1, -0.05) is 12.1 Å². The zero-order valence-corrected chi connectivity index (χ0v) is 16.0. The minimum absolute atomic E-state index is 0.310. The molecule has 0 bridgehead atoms. The molecule has 2 rings (SSSR count). The Labute approximate surface area is 155 Å². The fourth-order valence-corrected chi connectivity index (χ4v) is 4.55. The quantitative estimate of drug-likeness (QED) is 0.676. The smallest absolute Gasteiger partial charge is 0.244 e. The number of hydrogen-bond donors (Lipinski definition) is 2. The lowest BCUT2D eigenvalue weighted by molar-refractivity contribution is -0.122. The van der Waals surface area contributed by atoms with Crippen LogP contribution in [0.5, 0.6) is 0 Å². The third kappa shape index (κ3) is 5.81. The Balaban J connectivity index is 2.10. The first-order valence-electron chi connectivity index (χ1n) is 7.48. The van der Waals surface area contributed by atoms with Crippen molar-refractivity contribution in [1.29, 1.82) is 0 Å². The number of benzene rings is 1. The average Bonchev–Trinajstić information content (AvgIpc) is 3.10. The maximum absolute atomic E-state index is 13.8. The zero-order valence-electron chi connectivity index (χ0n) is 13.6. The third-order valence-corrected chi connectivity index (χ3v) is 6.28. The van der Waals surface area contributed by atoms with Crippen molar-refractivity contribution in [3.8, 4) is 0 Å². The van der Waals surface area contributed by atoms with E-state index < -0.39 is 32.7 Å². The summed E-state index contributed by atoms with van der Waals surface area (Å²) in [7, 11) is -4.13. The first kappa shape index (κ1) is 19.9. The zero-order chi connectivity index (χ0) is 18.3. The first-order chi connectivity index (χ1) is 11.9. The SMILES string of the molecule is CSCCC(NS(=O)(=O)c1ccccc1F)C(=O)NCc1ccsc1. The lowest BCUT2D eigenvalue weighted by atomic mass is 10.2. The van der Waals surface area contributed by atoms with Gasteiger partial charge >= 0.3 is 0 Å². The van der Waals surface area contributed by atoms with Crippen molar-refractivity contribution in [3.63, 3.8) is 0 Å². The lowest BCUT2D eigenvalue weighted by Crippen LogP contribution is -2.46. The summed E-state index contributed by atoms with van der Waals surface area (Å²) in [6, 6.07) is 6.01. The summed E-state index contributed by atoms with van der Waals surface area (Å²) in [5.41, 5.74) is 0.943. The fourth-order valence-electron chi connectivity index (χ4n) is 2.10. The molecule has 2 N–H and O–H groups in total. The third-order valence-electron chi connectivity index (χ3n) is 3.40. The molecule has 0 fully saturated rings. The topological polar surface area (TPSA) is 75.3 Å². The van der Waals surface area contributed by atoms with Crippen molar-refractivity contribution in [1.82, 2.24) is 10.0 Å². The van der Waals surface area contributed by atoms with Crippen LogP contribution in [-0.4, -0.2) is 32.4 Å². The Morgan fingerprint density at radius 1 is 1.32 bits per heavy atom. The van der Waals surface area contributed by atoms with Crippen molar-refractivity contribution >= 4 is 39.0 Å². The normalized spacial score (nSPS) is 12.7. The summed E-state index contributed by atoms with van der Waals surface area (Å²) in [5.74, 6) is -0.687. The number of thioether (sulfide) groups is 1. The van der Waals surface area contributed by atoms with E-state index in [4.69, 9.17) is 0 Å². The molecular weight excluding hydrogens is 383 g/mol. The van der Waals surface area contributed by atoms with Gasteiger partial charge in [-0.2, -0.15) is 27.8 Å². The molecular formula is C16H19FN2O3S3. The van der Waals surface area contributed by atoms with E-state index in [0.717, 1.165) is 11.6 Å². The van der Waals surface area contributed by atoms with Crippen LogP contribution in [-0.2, 0) is 21.4 Å². The second-order valence-corrected chi connectivity index (χ2v) is 8.68. The molecule has 0 saturated carbocycles. The number of halogens is 1. The van der Waals surface area contributed by atoms with Gasteiger partial charge in [-0.25, -0.2) is 12.8 Å². The van der Waals surface area contributed by atoms with Gasteiger partial charge in [-0.15, -0.1) is 0 Å². The van der Waals surface area contributed by atoms with Crippen LogP contribution >= 0.6 is 23.1 Å². The van der Waals surface area contributed by atoms with Crippen LogP contribution in [0.1, 0.15) is 12.0 Å². The van der Waals surface area contributed by atoms with Gasteiger partial charge < -0.3 is 5.32 Å². The molecule has 25 heavy (non-hydrogen) atoms. The summed E-state index contributed by atoms with van der Waals surface area (Å²) in [5, 5.41) is 6.52. The molecule has 0 aliphatic rings. The second-order valence-electron chi connectivity index (χ2n) is 5.24. The van der Waals surface area contributed by atoms with E-state index in [1.54, 1.807) is 0 Å². The molecule has 2 aromatic rings. The van der Waals surface area contributed by atoms with Crippen molar-refractivity contribution in [2.75, 3.05) is 12.0 Å². The molecule has 0 aliphatic heterocycles. The van der Waals surface area contributed by atoms with Crippen molar-refractivity contribution in [3.05, 3.63) is 52.5 Å². The summed E-state index contributed by atoms with van der Waals surface area (Å²) < 4.78 is 41.0. The Bertz CT molecular complexity index is 795. The van der Waals surface area contributed by atoms with Crippen LogP contribution in [0, 0.1) is 5.82 Å². The molecule has 1 unspecified atom stereocenters. The largest absolute Gasteiger partial charge is 0.351 e. The second kappa shape index (κ2) is 9.33. The van der Waals surface area contributed by atoms with Crippen LogP contribution in [0.25, 0.3) is 0 Å². The molecule has 1 atom stereocenters. The van der Waals surface area contributed by atoms with E-state index in [1.807, 2.05) is 23.1 Å². The number of carbonyl (C=O) groups is 1. The number of carbonyl (C=O) groups excluding carboxylic acids is 1. The molecule has 9 heteroatoms. The van der Waals surface area contributed by atoms with Gasteiger partial charge in [-0.05, 0) is 53.0 Å². The monoisotopic (exact) mass is 402 g/mol. The van der Waals surface area contributed by atoms with Crippen LogP contribution < -0.4 is 10.0 Å². The Hall–Kier alpha value is -1.42.